The predicted molar refractivity (Wildman–Crippen MR) is 79.8 cm³/mol. The number of nitrogens with zero attached hydrogens (tertiary/aromatic N) is 3. The first-order valence-corrected chi connectivity index (χ1v) is 7.32. The van der Waals surface area contributed by atoms with Gasteiger partial charge in [-0.25, -0.2) is 4.98 Å². The standard InChI is InChI=1S/C14H15BrN4O/c1-8-10(15)5-6-13(16-8)17-14(20)11-7-12(9-3-4-9)19(2)18-11/h5-7,9H,3-4H2,1-2H3,(H,16,17,20). The van der Waals surface area contributed by atoms with Gasteiger partial charge in [0, 0.05) is 23.1 Å². The highest BCUT2D eigenvalue weighted by Crippen LogP contribution is 2.39. The summed E-state index contributed by atoms with van der Waals surface area (Å²) in [4.78, 5) is 16.5. The molecule has 3 rings (SSSR count). The maximum Gasteiger partial charge on any atom is 0.277 e. The second kappa shape index (κ2) is 5.01. The number of nitrogens with one attached hydrogen (secondary N) is 1. The smallest absolute Gasteiger partial charge is 0.277 e. The molecule has 6 heteroatoms. The molecule has 0 atom stereocenters. The molecular formula is C14H15BrN4O. The van der Waals surface area contributed by atoms with Gasteiger partial charge in [-0.3, -0.25) is 9.48 Å². The van der Waals surface area contributed by atoms with E-state index in [0.717, 1.165) is 15.9 Å². The quantitative estimate of drug-likeness (QED) is 0.938. The second-order valence-electron chi connectivity index (χ2n) is 5.07. The number of aromatic nitrogens is 3. The van der Waals surface area contributed by atoms with Gasteiger partial charge in [0.25, 0.3) is 5.91 Å². The summed E-state index contributed by atoms with van der Waals surface area (Å²) in [5.41, 5.74) is 2.41. The van der Waals surface area contributed by atoms with Gasteiger partial charge in [0.1, 0.15) is 5.82 Å². The average Bonchev–Trinajstić information content (AvgIpc) is 3.17. The van der Waals surface area contributed by atoms with Crippen LogP contribution in [0, 0.1) is 6.92 Å². The number of anilines is 1. The maximum absolute atomic E-state index is 12.2. The first-order chi connectivity index (χ1) is 9.54. The molecule has 20 heavy (non-hydrogen) atoms. The Morgan fingerprint density at radius 2 is 2.20 bits per heavy atom. The van der Waals surface area contributed by atoms with E-state index < -0.39 is 0 Å². The Labute approximate surface area is 125 Å². The molecule has 1 amide bonds. The Bertz CT molecular complexity index is 676. The topological polar surface area (TPSA) is 59.8 Å². The van der Waals surface area contributed by atoms with Gasteiger partial charge in [0.05, 0.1) is 5.69 Å². The molecule has 2 heterocycles. The van der Waals surface area contributed by atoms with Crippen molar-refractivity contribution in [1.29, 1.82) is 0 Å². The monoisotopic (exact) mass is 334 g/mol. The van der Waals surface area contributed by atoms with Crippen LogP contribution in [0.2, 0.25) is 0 Å². The first-order valence-electron chi connectivity index (χ1n) is 6.53. The van der Waals surface area contributed by atoms with Crippen molar-refractivity contribution in [3.8, 4) is 0 Å². The summed E-state index contributed by atoms with van der Waals surface area (Å²) in [6, 6.07) is 5.50. The van der Waals surface area contributed by atoms with Crippen LogP contribution < -0.4 is 5.32 Å². The minimum Gasteiger partial charge on any atom is -0.305 e. The molecule has 2 aromatic rings. The molecule has 5 nitrogen and oxygen atoms in total. The molecule has 1 saturated carbocycles. The van der Waals surface area contributed by atoms with E-state index in [1.165, 1.54) is 12.8 Å². The zero-order valence-electron chi connectivity index (χ0n) is 11.4. The lowest BCUT2D eigenvalue weighted by molar-refractivity contribution is 0.102. The minimum absolute atomic E-state index is 0.221. The summed E-state index contributed by atoms with van der Waals surface area (Å²) >= 11 is 3.39. The highest BCUT2D eigenvalue weighted by atomic mass is 79.9. The molecule has 0 unspecified atom stereocenters. The van der Waals surface area contributed by atoms with Gasteiger partial charge in [0.2, 0.25) is 0 Å². The zero-order valence-corrected chi connectivity index (χ0v) is 12.9. The van der Waals surface area contributed by atoms with E-state index in [0.29, 0.717) is 17.4 Å². The molecule has 104 valence electrons. The Balaban J connectivity index is 1.78. The third kappa shape index (κ3) is 2.60. The fourth-order valence-electron chi connectivity index (χ4n) is 2.15. The Kier molecular flexibility index (Phi) is 3.33. The number of carbonyl (C=O) groups excluding carboxylic acids is 1. The first kappa shape index (κ1) is 13.3. The van der Waals surface area contributed by atoms with E-state index in [1.54, 1.807) is 10.7 Å². The molecule has 0 spiro atoms. The lowest BCUT2D eigenvalue weighted by Crippen LogP contribution is -2.14. The number of pyridine rings is 1. The van der Waals surface area contributed by atoms with Crippen LogP contribution in [-0.2, 0) is 7.05 Å². The van der Waals surface area contributed by atoms with E-state index in [2.05, 4.69) is 31.3 Å². The van der Waals surface area contributed by atoms with Crippen LogP contribution in [-0.4, -0.2) is 20.7 Å². The van der Waals surface area contributed by atoms with Crippen molar-refractivity contribution < 1.29 is 4.79 Å². The minimum atomic E-state index is -0.221. The van der Waals surface area contributed by atoms with Gasteiger partial charge < -0.3 is 5.32 Å². The predicted octanol–water partition coefficient (Wildman–Crippen LogP) is 3.02. The summed E-state index contributed by atoms with van der Waals surface area (Å²) in [6.45, 7) is 1.88. The van der Waals surface area contributed by atoms with E-state index in [1.807, 2.05) is 26.1 Å². The molecule has 0 aromatic carbocycles. The summed E-state index contributed by atoms with van der Waals surface area (Å²) < 4.78 is 2.72. The third-order valence-corrected chi connectivity index (χ3v) is 4.25. The van der Waals surface area contributed by atoms with E-state index in [4.69, 9.17) is 0 Å². The van der Waals surface area contributed by atoms with Crippen molar-refractivity contribution >= 4 is 27.7 Å². The van der Waals surface area contributed by atoms with Gasteiger partial charge in [0.15, 0.2) is 5.69 Å². The number of halogens is 1. The van der Waals surface area contributed by atoms with Gasteiger partial charge >= 0.3 is 0 Å². The summed E-state index contributed by atoms with van der Waals surface area (Å²) in [5.74, 6) is 0.887. The molecular weight excluding hydrogens is 320 g/mol. The summed E-state index contributed by atoms with van der Waals surface area (Å²) in [5, 5.41) is 7.05. The molecule has 1 N–H and O–H groups in total. The number of hydrogen-bond acceptors (Lipinski definition) is 3. The normalized spacial score (nSPS) is 14.3. The van der Waals surface area contributed by atoms with Gasteiger partial charge in [-0.05, 0) is 53.9 Å². The Morgan fingerprint density at radius 1 is 1.45 bits per heavy atom. The Morgan fingerprint density at radius 3 is 2.85 bits per heavy atom. The van der Waals surface area contributed by atoms with Crippen molar-refractivity contribution in [3.05, 3.63) is 39.8 Å². The van der Waals surface area contributed by atoms with Crippen molar-refractivity contribution in [2.75, 3.05) is 5.32 Å². The second-order valence-corrected chi connectivity index (χ2v) is 5.92. The molecule has 0 saturated heterocycles. The van der Waals surface area contributed by atoms with Crippen LogP contribution in [0.15, 0.2) is 22.7 Å². The number of aryl methyl sites for hydroxylation is 2. The highest BCUT2D eigenvalue weighted by Gasteiger charge is 2.28. The lowest BCUT2D eigenvalue weighted by atomic mass is 10.2. The van der Waals surface area contributed by atoms with Crippen molar-refractivity contribution in [1.82, 2.24) is 14.8 Å². The van der Waals surface area contributed by atoms with Gasteiger partial charge in [-0.15, -0.1) is 0 Å². The largest absolute Gasteiger partial charge is 0.305 e. The third-order valence-electron chi connectivity index (χ3n) is 3.41. The Hall–Kier alpha value is -1.69. The number of amides is 1. The van der Waals surface area contributed by atoms with Crippen LogP contribution in [0.1, 0.15) is 40.6 Å². The number of hydrogen-bond donors (Lipinski definition) is 1. The summed E-state index contributed by atoms with van der Waals surface area (Å²) in [7, 11) is 1.88. The molecule has 0 bridgehead atoms. The van der Waals surface area contributed by atoms with Crippen LogP contribution in [0.3, 0.4) is 0 Å². The van der Waals surface area contributed by atoms with Crippen molar-refractivity contribution in [2.45, 2.75) is 25.7 Å². The van der Waals surface area contributed by atoms with Crippen LogP contribution >= 0.6 is 15.9 Å². The maximum atomic E-state index is 12.2. The van der Waals surface area contributed by atoms with Crippen LogP contribution in [0.25, 0.3) is 0 Å². The van der Waals surface area contributed by atoms with E-state index in [-0.39, 0.29) is 5.91 Å². The SMILES string of the molecule is Cc1nc(NC(=O)c2cc(C3CC3)n(C)n2)ccc1Br. The van der Waals surface area contributed by atoms with E-state index in [9.17, 15) is 4.79 Å². The van der Waals surface area contributed by atoms with Gasteiger partial charge in [-0.1, -0.05) is 0 Å². The van der Waals surface area contributed by atoms with Crippen LogP contribution in [0.4, 0.5) is 5.82 Å². The number of rotatable bonds is 3. The molecule has 0 aliphatic heterocycles. The lowest BCUT2D eigenvalue weighted by Gasteiger charge is -2.04. The number of carbonyl (C=O) groups is 1. The molecule has 2 aromatic heterocycles. The summed E-state index contributed by atoms with van der Waals surface area (Å²) in [6.07, 6.45) is 2.38. The molecule has 1 aliphatic carbocycles. The molecule has 1 aliphatic rings. The van der Waals surface area contributed by atoms with Crippen molar-refractivity contribution in [2.24, 2.45) is 7.05 Å². The zero-order chi connectivity index (χ0) is 14.3. The molecule has 1 fully saturated rings. The van der Waals surface area contributed by atoms with Crippen LogP contribution in [0.5, 0.6) is 0 Å². The van der Waals surface area contributed by atoms with Gasteiger partial charge in [-0.2, -0.15) is 5.10 Å². The average molecular weight is 335 g/mol. The highest BCUT2D eigenvalue weighted by molar-refractivity contribution is 9.10. The fraction of sp³-hybridized carbons (Fsp3) is 0.357. The van der Waals surface area contributed by atoms with E-state index >= 15 is 0 Å². The van der Waals surface area contributed by atoms with Crippen molar-refractivity contribution in [3.63, 3.8) is 0 Å². The molecule has 0 radical (unpaired) electrons. The fourth-order valence-corrected chi connectivity index (χ4v) is 2.37.